The van der Waals surface area contributed by atoms with Crippen LogP contribution in [0.5, 0.6) is 0 Å². The van der Waals surface area contributed by atoms with Crippen LogP contribution in [0.3, 0.4) is 0 Å². The minimum Gasteiger partial charge on any atom is -0.383 e. The van der Waals surface area contributed by atoms with Crippen LogP contribution in [0.1, 0.15) is 51.0 Å². The summed E-state index contributed by atoms with van der Waals surface area (Å²) >= 11 is 1.42. The SMILES string of the molecule is CCC(CC)c1nnc(NC(=O)C2CC(=O)N(C(C)COC)C2)s1. The molecule has 2 unspecified atom stereocenters. The molecule has 8 heteroatoms. The molecule has 2 amide bonds. The van der Waals surface area contributed by atoms with Crippen LogP contribution in [0.2, 0.25) is 0 Å². The summed E-state index contributed by atoms with van der Waals surface area (Å²) < 4.78 is 5.09. The minimum atomic E-state index is -0.350. The van der Waals surface area contributed by atoms with Gasteiger partial charge in [-0.1, -0.05) is 25.2 Å². The fraction of sp³-hybridized carbons (Fsp3) is 0.750. The summed E-state index contributed by atoms with van der Waals surface area (Å²) in [5.41, 5.74) is 0. The van der Waals surface area contributed by atoms with E-state index in [1.54, 1.807) is 12.0 Å². The highest BCUT2D eigenvalue weighted by Gasteiger charge is 2.36. The Morgan fingerprint density at radius 3 is 2.75 bits per heavy atom. The van der Waals surface area contributed by atoms with E-state index in [-0.39, 0.29) is 30.2 Å². The monoisotopic (exact) mass is 354 g/mol. The highest BCUT2D eigenvalue weighted by Crippen LogP contribution is 2.29. The van der Waals surface area contributed by atoms with Crippen molar-refractivity contribution < 1.29 is 14.3 Å². The predicted molar refractivity (Wildman–Crippen MR) is 93.0 cm³/mol. The van der Waals surface area contributed by atoms with Gasteiger partial charge >= 0.3 is 0 Å². The number of anilines is 1. The van der Waals surface area contributed by atoms with Crippen LogP contribution in [-0.2, 0) is 14.3 Å². The van der Waals surface area contributed by atoms with E-state index in [2.05, 4.69) is 29.4 Å². The van der Waals surface area contributed by atoms with Crippen molar-refractivity contribution in [3.8, 4) is 0 Å². The second kappa shape index (κ2) is 8.53. The summed E-state index contributed by atoms with van der Waals surface area (Å²) in [5, 5.41) is 12.5. The van der Waals surface area contributed by atoms with Crippen molar-refractivity contribution in [1.82, 2.24) is 15.1 Å². The number of nitrogens with one attached hydrogen (secondary N) is 1. The van der Waals surface area contributed by atoms with Gasteiger partial charge in [-0.05, 0) is 19.8 Å². The van der Waals surface area contributed by atoms with E-state index >= 15 is 0 Å². The van der Waals surface area contributed by atoms with Crippen LogP contribution in [0, 0.1) is 5.92 Å². The molecule has 0 saturated carbocycles. The number of hydrogen-bond donors (Lipinski definition) is 1. The normalized spacial score (nSPS) is 19.1. The van der Waals surface area contributed by atoms with Crippen LogP contribution in [0.15, 0.2) is 0 Å². The third-order valence-electron chi connectivity index (χ3n) is 4.47. The standard InChI is InChI=1S/C16H26N4O3S/c1-5-11(6-2)15-18-19-16(24-15)17-14(22)12-7-13(21)20(8-12)10(3)9-23-4/h10-12H,5-9H2,1-4H3,(H,17,19,22). The molecule has 2 atom stereocenters. The smallest absolute Gasteiger partial charge is 0.231 e. The minimum absolute atomic E-state index is 0.00492. The molecule has 134 valence electrons. The first-order valence-corrected chi connectivity index (χ1v) is 9.24. The Hall–Kier alpha value is -1.54. The first-order valence-electron chi connectivity index (χ1n) is 8.42. The third-order valence-corrected chi connectivity index (χ3v) is 5.48. The van der Waals surface area contributed by atoms with Crippen molar-refractivity contribution in [2.24, 2.45) is 5.92 Å². The molecule has 7 nitrogen and oxygen atoms in total. The number of rotatable bonds is 8. The summed E-state index contributed by atoms with van der Waals surface area (Å²) in [7, 11) is 1.61. The van der Waals surface area contributed by atoms with Crippen molar-refractivity contribution in [3.05, 3.63) is 5.01 Å². The van der Waals surface area contributed by atoms with Gasteiger partial charge in [-0.3, -0.25) is 9.59 Å². The van der Waals surface area contributed by atoms with Crippen molar-refractivity contribution in [2.45, 2.75) is 52.0 Å². The van der Waals surface area contributed by atoms with Crippen LogP contribution in [-0.4, -0.2) is 53.2 Å². The van der Waals surface area contributed by atoms with Gasteiger partial charge in [0.2, 0.25) is 16.9 Å². The lowest BCUT2D eigenvalue weighted by Crippen LogP contribution is -2.38. The van der Waals surface area contributed by atoms with Crippen LogP contribution in [0.25, 0.3) is 0 Å². The van der Waals surface area contributed by atoms with E-state index in [4.69, 9.17) is 4.74 Å². The van der Waals surface area contributed by atoms with Gasteiger partial charge in [-0.2, -0.15) is 0 Å². The number of hydrogen-bond acceptors (Lipinski definition) is 6. The van der Waals surface area contributed by atoms with Gasteiger partial charge in [0.05, 0.1) is 18.6 Å². The van der Waals surface area contributed by atoms with Crippen molar-refractivity contribution in [2.75, 3.05) is 25.6 Å². The summed E-state index contributed by atoms with van der Waals surface area (Å²) in [6.07, 6.45) is 2.24. The molecule has 1 aliphatic rings. The molecule has 2 heterocycles. The largest absolute Gasteiger partial charge is 0.383 e. The summed E-state index contributed by atoms with van der Waals surface area (Å²) in [6.45, 7) is 7.05. The van der Waals surface area contributed by atoms with Gasteiger partial charge in [0, 0.05) is 26.0 Å². The van der Waals surface area contributed by atoms with Gasteiger partial charge in [0.25, 0.3) is 0 Å². The van der Waals surface area contributed by atoms with E-state index in [1.165, 1.54) is 11.3 Å². The number of likely N-dealkylation sites (tertiary alicyclic amines) is 1. The van der Waals surface area contributed by atoms with Gasteiger partial charge in [-0.15, -0.1) is 10.2 Å². The number of carbonyl (C=O) groups excluding carboxylic acids is 2. The Kier molecular flexibility index (Phi) is 6.68. The highest BCUT2D eigenvalue weighted by molar-refractivity contribution is 7.15. The van der Waals surface area contributed by atoms with E-state index in [0.29, 0.717) is 24.2 Å². The first-order chi connectivity index (χ1) is 11.5. The number of ether oxygens (including phenoxy) is 1. The fourth-order valence-corrected chi connectivity index (χ4v) is 3.97. The molecule has 1 fully saturated rings. The molecular formula is C16H26N4O3S. The maximum atomic E-state index is 12.4. The molecule has 2 rings (SSSR count). The molecule has 0 spiro atoms. The van der Waals surface area contributed by atoms with E-state index in [9.17, 15) is 9.59 Å². The lowest BCUT2D eigenvalue weighted by molar-refractivity contribution is -0.130. The lowest BCUT2D eigenvalue weighted by Gasteiger charge is -2.23. The Labute approximate surface area is 146 Å². The number of nitrogens with zero attached hydrogens (tertiary/aromatic N) is 3. The predicted octanol–water partition coefficient (Wildman–Crippen LogP) is 2.26. The second-order valence-corrected chi connectivity index (χ2v) is 7.21. The molecule has 0 radical (unpaired) electrons. The van der Waals surface area contributed by atoms with Crippen LogP contribution < -0.4 is 5.32 Å². The first kappa shape index (κ1) is 18.8. The van der Waals surface area contributed by atoms with Crippen LogP contribution in [0.4, 0.5) is 5.13 Å². The molecule has 1 aromatic heterocycles. The lowest BCUT2D eigenvalue weighted by atomic mass is 10.1. The Bertz CT molecular complexity index is 573. The van der Waals surface area contributed by atoms with Crippen molar-refractivity contribution in [1.29, 1.82) is 0 Å². The zero-order chi connectivity index (χ0) is 17.7. The number of carbonyl (C=O) groups is 2. The Morgan fingerprint density at radius 2 is 2.12 bits per heavy atom. The molecule has 1 aromatic rings. The summed E-state index contributed by atoms with van der Waals surface area (Å²) in [5.74, 6) is -0.138. The molecule has 0 aromatic carbocycles. The molecule has 1 N–H and O–H groups in total. The summed E-state index contributed by atoms with van der Waals surface area (Å²) in [6, 6.07) is -0.0247. The average molecular weight is 354 g/mol. The molecule has 0 bridgehead atoms. The molecule has 24 heavy (non-hydrogen) atoms. The Morgan fingerprint density at radius 1 is 1.42 bits per heavy atom. The average Bonchev–Trinajstić information content (AvgIpc) is 3.16. The number of aromatic nitrogens is 2. The highest BCUT2D eigenvalue weighted by atomic mass is 32.1. The number of methoxy groups -OCH3 is 1. The molecule has 1 aliphatic heterocycles. The van der Waals surface area contributed by atoms with Gasteiger partial charge in [0.1, 0.15) is 5.01 Å². The molecule has 1 saturated heterocycles. The third kappa shape index (κ3) is 4.30. The topological polar surface area (TPSA) is 84.4 Å². The molecular weight excluding hydrogens is 328 g/mol. The zero-order valence-corrected chi connectivity index (χ0v) is 15.6. The van der Waals surface area contributed by atoms with E-state index in [0.717, 1.165) is 17.8 Å². The molecule has 0 aliphatic carbocycles. The fourth-order valence-electron chi connectivity index (χ4n) is 2.96. The van der Waals surface area contributed by atoms with E-state index < -0.39 is 0 Å². The quantitative estimate of drug-likeness (QED) is 0.774. The van der Waals surface area contributed by atoms with Crippen LogP contribution >= 0.6 is 11.3 Å². The van der Waals surface area contributed by atoms with Gasteiger partial charge in [0.15, 0.2) is 0 Å². The number of amides is 2. The second-order valence-electron chi connectivity index (χ2n) is 6.20. The summed E-state index contributed by atoms with van der Waals surface area (Å²) in [4.78, 5) is 26.2. The maximum absolute atomic E-state index is 12.4. The Balaban J connectivity index is 1.95. The zero-order valence-electron chi connectivity index (χ0n) is 14.7. The van der Waals surface area contributed by atoms with Crippen molar-refractivity contribution in [3.63, 3.8) is 0 Å². The van der Waals surface area contributed by atoms with Gasteiger partial charge < -0.3 is 15.0 Å². The van der Waals surface area contributed by atoms with Crippen molar-refractivity contribution >= 4 is 28.3 Å². The van der Waals surface area contributed by atoms with E-state index in [1.807, 2.05) is 6.92 Å². The maximum Gasteiger partial charge on any atom is 0.231 e. The van der Waals surface area contributed by atoms with Gasteiger partial charge in [-0.25, -0.2) is 0 Å².